The summed E-state index contributed by atoms with van der Waals surface area (Å²) in [5, 5.41) is 2.88. The lowest BCUT2D eigenvalue weighted by Crippen LogP contribution is -2.45. The summed E-state index contributed by atoms with van der Waals surface area (Å²) in [5.74, 6) is -1.74. The molecule has 0 aromatic heterocycles. The van der Waals surface area contributed by atoms with Crippen molar-refractivity contribution in [1.29, 1.82) is 0 Å². The highest BCUT2D eigenvalue weighted by molar-refractivity contribution is 9.10. The molecule has 0 radical (unpaired) electrons. The van der Waals surface area contributed by atoms with E-state index in [9.17, 15) is 17.6 Å². The minimum absolute atomic E-state index is 0.121. The van der Waals surface area contributed by atoms with E-state index < -0.39 is 24.0 Å². The molecule has 0 spiro atoms. The molecular formula is C14H16BrF4N. The summed E-state index contributed by atoms with van der Waals surface area (Å²) < 4.78 is 53.0. The molecule has 0 saturated heterocycles. The zero-order valence-electron chi connectivity index (χ0n) is 10.8. The van der Waals surface area contributed by atoms with Crippen molar-refractivity contribution in [2.24, 2.45) is 5.92 Å². The molecule has 2 atom stereocenters. The second-order valence-corrected chi connectivity index (χ2v) is 6.07. The fraction of sp³-hybridized carbons (Fsp3) is 0.571. The average Bonchev–Trinajstić information content (AvgIpc) is 2.37. The van der Waals surface area contributed by atoms with Crippen molar-refractivity contribution in [2.75, 3.05) is 0 Å². The van der Waals surface area contributed by atoms with E-state index in [2.05, 4.69) is 21.2 Å². The maximum absolute atomic E-state index is 13.6. The van der Waals surface area contributed by atoms with Crippen LogP contribution < -0.4 is 5.32 Å². The van der Waals surface area contributed by atoms with Crippen LogP contribution in [0, 0.1) is 11.7 Å². The third-order valence-electron chi connectivity index (χ3n) is 3.76. The van der Waals surface area contributed by atoms with E-state index in [-0.39, 0.29) is 13.0 Å². The predicted molar refractivity (Wildman–Crippen MR) is 72.7 cm³/mol. The first-order valence-corrected chi connectivity index (χ1v) is 7.41. The molecule has 0 heterocycles. The van der Waals surface area contributed by atoms with Crippen LogP contribution in [0.15, 0.2) is 22.7 Å². The Labute approximate surface area is 123 Å². The molecule has 1 fully saturated rings. The van der Waals surface area contributed by atoms with Crippen molar-refractivity contribution in [3.05, 3.63) is 34.1 Å². The van der Waals surface area contributed by atoms with Gasteiger partial charge in [0.2, 0.25) is 0 Å². The van der Waals surface area contributed by atoms with Gasteiger partial charge in [-0.15, -0.1) is 0 Å². The minimum atomic E-state index is -4.18. The summed E-state index contributed by atoms with van der Waals surface area (Å²) in [6.45, 7) is 0.121. The van der Waals surface area contributed by atoms with Gasteiger partial charge in [0.1, 0.15) is 5.82 Å². The van der Waals surface area contributed by atoms with Gasteiger partial charge in [-0.2, -0.15) is 13.2 Å². The topological polar surface area (TPSA) is 12.0 Å². The Morgan fingerprint density at radius 2 is 1.90 bits per heavy atom. The molecule has 2 rings (SSSR count). The normalized spacial score (nSPS) is 23.9. The summed E-state index contributed by atoms with van der Waals surface area (Å²) in [6, 6.07) is 3.96. The molecule has 20 heavy (non-hydrogen) atoms. The van der Waals surface area contributed by atoms with E-state index in [4.69, 9.17) is 0 Å². The Bertz CT molecular complexity index is 461. The summed E-state index contributed by atoms with van der Waals surface area (Å²) in [6.07, 6.45) is -2.15. The lowest BCUT2D eigenvalue weighted by molar-refractivity contribution is -0.189. The lowest BCUT2D eigenvalue weighted by Gasteiger charge is -2.33. The maximum Gasteiger partial charge on any atom is 0.393 e. The second kappa shape index (κ2) is 6.43. The number of hydrogen-bond acceptors (Lipinski definition) is 1. The van der Waals surface area contributed by atoms with E-state index >= 15 is 0 Å². The van der Waals surface area contributed by atoms with Crippen LogP contribution >= 0.6 is 15.9 Å². The van der Waals surface area contributed by atoms with Gasteiger partial charge in [-0.3, -0.25) is 0 Å². The molecule has 1 nitrogen and oxygen atoms in total. The highest BCUT2D eigenvalue weighted by Gasteiger charge is 2.45. The molecule has 2 unspecified atom stereocenters. The van der Waals surface area contributed by atoms with E-state index in [0.29, 0.717) is 22.9 Å². The fourth-order valence-corrected chi connectivity index (χ4v) is 3.01. The maximum atomic E-state index is 13.6. The highest BCUT2D eigenvalue weighted by atomic mass is 79.9. The second-order valence-electron chi connectivity index (χ2n) is 5.16. The summed E-state index contributed by atoms with van der Waals surface area (Å²) in [4.78, 5) is 0. The standard InChI is InChI=1S/C14H16BrF4N/c15-10-6-5-9(12(16)7-10)8-20-13-4-2-1-3-11(13)14(17,18)19/h5-7,11,13,20H,1-4,8H2. The Balaban J connectivity index is 2.01. The zero-order chi connectivity index (χ0) is 14.8. The van der Waals surface area contributed by atoms with Gasteiger partial charge < -0.3 is 5.32 Å². The number of rotatable bonds is 3. The Hall–Kier alpha value is -0.620. The van der Waals surface area contributed by atoms with Gasteiger partial charge in [0.15, 0.2) is 0 Å². The van der Waals surface area contributed by atoms with Gasteiger partial charge in [-0.05, 0) is 25.0 Å². The molecule has 1 aromatic carbocycles. The molecule has 6 heteroatoms. The van der Waals surface area contributed by atoms with Gasteiger partial charge >= 0.3 is 6.18 Å². The third-order valence-corrected chi connectivity index (χ3v) is 4.25. The third kappa shape index (κ3) is 3.95. The number of halogens is 5. The molecule has 0 amide bonds. The van der Waals surface area contributed by atoms with Crippen LogP contribution in [0.3, 0.4) is 0 Å². The first-order chi connectivity index (χ1) is 9.38. The van der Waals surface area contributed by atoms with Crippen molar-refractivity contribution in [3.8, 4) is 0 Å². The fourth-order valence-electron chi connectivity index (χ4n) is 2.67. The zero-order valence-corrected chi connectivity index (χ0v) is 12.4. The highest BCUT2D eigenvalue weighted by Crippen LogP contribution is 2.37. The van der Waals surface area contributed by atoms with Crippen LogP contribution in [-0.2, 0) is 6.54 Å². The quantitative estimate of drug-likeness (QED) is 0.769. The van der Waals surface area contributed by atoms with Gasteiger partial charge in [-0.25, -0.2) is 4.39 Å². The van der Waals surface area contributed by atoms with Crippen LogP contribution in [0.2, 0.25) is 0 Å². The van der Waals surface area contributed by atoms with Crippen molar-refractivity contribution >= 4 is 15.9 Å². The SMILES string of the molecule is Fc1cc(Br)ccc1CNC1CCCCC1C(F)(F)F. The van der Waals surface area contributed by atoms with E-state index in [1.165, 1.54) is 6.07 Å². The van der Waals surface area contributed by atoms with E-state index in [1.54, 1.807) is 12.1 Å². The first kappa shape index (κ1) is 15.8. The van der Waals surface area contributed by atoms with Crippen LogP contribution in [0.25, 0.3) is 0 Å². The molecule has 1 aliphatic rings. The minimum Gasteiger partial charge on any atom is -0.309 e. The van der Waals surface area contributed by atoms with Crippen LogP contribution in [0.5, 0.6) is 0 Å². The first-order valence-electron chi connectivity index (χ1n) is 6.62. The lowest BCUT2D eigenvalue weighted by atomic mass is 9.84. The Morgan fingerprint density at radius 3 is 2.55 bits per heavy atom. The van der Waals surface area contributed by atoms with Crippen molar-refractivity contribution in [3.63, 3.8) is 0 Å². The van der Waals surface area contributed by atoms with Gasteiger partial charge in [-0.1, -0.05) is 34.8 Å². The molecule has 1 aromatic rings. The number of nitrogens with one attached hydrogen (secondary N) is 1. The van der Waals surface area contributed by atoms with Gasteiger partial charge in [0.25, 0.3) is 0 Å². The van der Waals surface area contributed by atoms with Crippen LogP contribution in [-0.4, -0.2) is 12.2 Å². The van der Waals surface area contributed by atoms with Crippen molar-refractivity contribution < 1.29 is 17.6 Å². The van der Waals surface area contributed by atoms with E-state index in [0.717, 1.165) is 6.42 Å². The Kier molecular flexibility index (Phi) is 5.07. The smallest absolute Gasteiger partial charge is 0.309 e. The molecule has 1 saturated carbocycles. The Morgan fingerprint density at radius 1 is 1.20 bits per heavy atom. The predicted octanol–water partition coefficient (Wildman–Crippen LogP) is 4.80. The number of hydrogen-bond donors (Lipinski definition) is 1. The summed E-state index contributed by atoms with van der Waals surface area (Å²) in [5.41, 5.74) is 0.389. The van der Waals surface area contributed by atoms with Crippen LogP contribution in [0.1, 0.15) is 31.2 Å². The molecular weight excluding hydrogens is 338 g/mol. The monoisotopic (exact) mass is 353 g/mol. The van der Waals surface area contributed by atoms with E-state index in [1.807, 2.05) is 0 Å². The molecule has 1 N–H and O–H groups in total. The largest absolute Gasteiger partial charge is 0.393 e. The molecule has 0 aliphatic heterocycles. The summed E-state index contributed by atoms with van der Waals surface area (Å²) >= 11 is 3.15. The average molecular weight is 354 g/mol. The molecule has 112 valence electrons. The molecule has 0 bridgehead atoms. The van der Waals surface area contributed by atoms with Crippen LogP contribution in [0.4, 0.5) is 17.6 Å². The van der Waals surface area contributed by atoms with Gasteiger partial charge in [0, 0.05) is 22.6 Å². The number of alkyl halides is 3. The van der Waals surface area contributed by atoms with Crippen molar-refractivity contribution in [1.82, 2.24) is 5.32 Å². The molecule has 1 aliphatic carbocycles. The van der Waals surface area contributed by atoms with Gasteiger partial charge in [0.05, 0.1) is 5.92 Å². The number of benzene rings is 1. The van der Waals surface area contributed by atoms with Crippen molar-refractivity contribution in [2.45, 2.75) is 44.4 Å². The summed E-state index contributed by atoms with van der Waals surface area (Å²) in [7, 11) is 0.